The van der Waals surface area contributed by atoms with E-state index in [1.807, 2.05) is 0 Å². The standard InChI is InChI=1S/C26H34N4O3S/c1-18(2)22-17-34-24(27-22)8-6-19-10-12-29-15-21(7-9-25(32)33-3)26(28-23(29)13-19)30-11-4-5-20(14-30)16-31/h10,12-13,16-18,20H,4-9,11,14-15H2,1-3H3. The number of aldehydes is 1. The SMILES string of the molecule is COC(=O)CCC1=C(N2CCCC(C=O)C2)N=C2C=C(CCc3nc(C(C)C)cs3)C=CN2C1. The molecular weight excluding hydrogens is 448 g/mol. The van der Waals surface area contributed by atoms with E-state index in [-0.39, 0.29) is 11.9 Å². The number of carbonyl (C=O) groups excluding carboxylic acids is 2. The van der Waals surface area contributed by atoms with Gasteiger partial charge in [0.05, 0.1) is 17.8 Å². The van der Waals surface area contributed by atoms with Crippen molar-refractivity contribution in [2.24, 2.45) is 10.9 Å². The van der Waals surface area contributed by atoms with Gasteiger partial charge in [-0.15, -0.1) is 11.3 Å². The summed E-state index contributed by atoms with van der Waals surface area (Å²) in [5, 5.41) is 3.33. The van der Waals surface area contributed by atoms with Gasteiger partial charge < -0.3 is 19.3 Å². The van der Waals surface area contributed by atoms with Crippen LogP contribution in [0.1, 0.15) is 62.6 Å². The molecule has 0 aliphatic carbocycles. The second-order valence-corrected chi connectivity index (χ2v) is 10.4. The van der Waals surface area contributed by atoms with Gasteiger partial charge in [-0.1, -0.05) is 13.8 Å². The Labute approximate surface area is 205 Å². The molecule has 0 spiro atoms. The first kappa shape index (κ1) is 24.4. The van der Waals surface area contributed by atoms with Crippen LogP contribution in [0.5, 0.6) is 0 Å². The van der Waals surface area contributed by atoms with E-state index in [1.54, 1.807) is 11.3 Å². The summed E-state index contributed by atoms with van der Waals surface area (Å²) in [5.41, 5.74) is 3.52. The molecule has 7 nitrogen and oxygen atoms in total. The number of likely N-dealkylation sites (tertiary alicyclic amines) is 1. The molecule has 0 saturated carbocycles. The summed E-state index contributed by atoms with van der Waals surface area (Å²) >= 11 is 1.74. The fourth-order valence-corrected chi connectivity index (χ4v) is 5.48. The highest BCUT2D eigenvalue weighted by atomic mass is 32.1. The molecule has 0 radical (unpaired) electrons. The largest absolute Gasteiger partial charge is 0.469 e. The number of aliphatic imine (C=N–C) groups is 1. The van der Waals surface area contributed by atoms with Crippen molar-refractivity contribution in [2.75, 3.05) is 26.7 Å². The van der Waals surface area contributed by atoms with E-state index in [0.29, 0.717) is 31.8 Å². The van der Waals surface area contributed by atoms with Crippen LogP contribution in [0.4, 0.5) is 0 Å². The Morgan fingerprint density at radius 3 is 2.91 bits per heavy atom. The van der Waals surface area contributed by atoms with Crippen molar-refractivity contribution in [2.45, 2.75) is 58.3 Å². The first-order chi connectivity index (χ1) is 16.5. The molecule has 1 atom stereocenters. The Bertz CT molecular complexity index is 1040. The molecule has 8 heteroatoms. The average Bonchev–Trinajstić information content (AvgIpc) is 3.35. The third kappa shape index (κ3) is 5.84. The Morgan fingerprint density at radius 1 is 1.32 bits per heavy atom. The number of amidine groups is 1. The Balaban J connectivity index is 1.53. The van der Waals surface area contributed by atoms with Gasteiger partial charge in [0.15, 0.2) is 0 Å². The van der Waals surface area contributed by atoms with Crippen molar-refractivity contribution in [3.8, 4) is 0 Å². The van der Waals surface area contributed by atoms with Crippen molar-refractivity contribution in [1.82, 2.24) is 14.8 Å². The van der Waals surface area contributed by atoms with Crippen LogP contribution < -0.4 is 0 Å². The molecule has 0 aromatic carbocycles. The van der Waals surface area contributed by atoms with Crippen LogP contribution in [-0.2, 0) is 20.7 Å². The molecule has 1 saturated heterocycles. The van der Waals surface area contributed by atoms with E-state index < -0.39 is 0 Å². The third-order valence-electron chi connectivity index (χ3n) is 6.57. The van der Waals surface area contributed by atoms with Crippen molar-refractivity contribution in [3.63, 3.8) is 0 Å². The van der Waals surface area contributed by atoms with Gasteiger partial charge in [0.1, 0.15) is 17.9 Å². The van der Waals surface area contributed by atoms with Gasteiger partial charge in [0.25, 0.3) is 0 Å². The molecule has 182 valence electrons. The van der Waals surface area contributed by atoms with Gasteiger partial charge in [-0.2, -0.15) is 0 Å². The minimum absolute atomic E-state index is 0.0349. The maximum absolute atomic E-state index is 11.8. The summed E-state index contributed by atoms with van der Waals surface area (Å²) in [7, 11) is 1.42. The van der Waals surface area contributed by atoms with E-state index in [2.05, 4.69) is 47.4 Å². The number of aromatic nitrogens is 1. The summed E-state index contributed by atoms with van der Waals surface area (Å²) in [6.07, 6.45) is 12.1. The number of carbonyl (C=O) groups is 2. The Morgan fingerprint density at radius 2 is 2.18 bits per heavy atom. The fraction of sp³-hybridized carbons (Fsp3) is 0.538. The van der Waals surface area contributed by atoms with Crippen LogP contribution in [0.2, 0.25) is 0 Å². The lowest BCUT2D eigenvalue weighted by molar-refractivity contribution is -0.140. The summed E-state index contributed by atoms with van der Waals surface area (Å²) in [4.78, 5) is 37.4. The molecule has 4 rings (SSSR count). The number of allylic oxidation sites excluding steroid dienone is 2. The summed E-state index contributed by atoms with van der Waals surface area (Å²) < 4.78 is 4.86. The van der Waals surface area contributed by atoms with Gasteiger partial charge >= 0.3 is 5.97 Å². The number of rotatable bonds is 9. The lowest BCUT2D eigenvalue weighted by Gasteiger charge is -2.38. The van der Waals surface area contributed by atoms with Gasteiger partial charge in [-0.25, -0.2) is 9.98 Å². The quantitative estimate of drug-likeness (QED) is 0.383. The number of methoxy groups -OCH3 is 1. The highest BCUT2D eigenvalue weighted by Gasteiger charge is 2.28. The number of piperidine rings is 1. The summed E-state index contributed by atoms with van der Waals surface area (Å²) in [6.45, 7) is 6.60. The van der Waals surface area contributed by atoms with Gasteiger partial charge in [-0.3, -0.25) is 4.79 Å². The average molecular weight is 483 g/mol. The monoisotopic (exact) mass is 482 g/mol. The minimum Gasteiger partial charge on any atom is -0.469 e. The predicted molar refractivity (Wildman–Crippen MR) is 135 cm³/mol. The van der Waals surface area contributed by atoms with E-state index in [0.717, 1.165) is 55.7 Å². The second kappa shape index (κ2) is 11.1. The molecule has 0 N–H and O–H groups in total. The maximum atomic E-state index is 11.8. The molecule has 34 heavy (non-hydrogen) atoms. The Kier molecular flexibility index (Phi) is 7.98. The molecule has 1 unspecified atom stereocenters. The summed E-state index contributed by atoms with van der Waals surface area (Å²) in [5.74, 6) is 2.12. The lowest BCUT2D eigenvalue weighted by Crippen LogP contribution is -2.40. The van der Waals surface area contributed by atoms with Crippen molar-refractivity contribution >= 4 is 29.4 Å². The topological polar surface area (TPSA) is 75.1 Å². The van der Waals surface area contributed by atoms with Crippen molar-refractivity contribution in [1.29, 1.82) is 0 Å². The zero-order valence-corrected chi connectivity index (χ0v) is 21.1. The lowest BCUT2D eigenvalue weighted by atomic mass is 9.98. The van der Waals surface area contributed by atoms with Crippen molar-refractivity contribution < 1.29 is 14.3 Å². The van der Waals surface area contributed by atoms with E-state index in [1.165, 1.54) is 23.4 Å². The highest BCUT2D eigenvalue weighted by Crippen LogP contribution is 2.30. The number of nitrogens with zero attached hydrogens (tertiary/aromatic N) is 4. The first-order valence-electron chi connectivity index (χ1n) is 12.1. The molecule has 3 aliphatic heterocycles. The molecule has 1 fully saturated rings. The fourth-order valence-electron chi connectivity index (χ4n) is 4.52. The zero-order chi connectivity index (χ0) is 24.1. The van der Waals surface area contributed by atoms with Crippen LogP contribution in [-0.4, -0.2) is 59.6 Å². The normalized spacial score (nSPS) is 20.3. The molecule has 4 heterocycles. The minimum atomic E-state index is -0.217. The zero-order valence-electron chi connectivity index (χ0n) is 20.3. The summed E-state index contributed by atoms with van der Waals surface area (Å²) in [6, 6.07) is 0. The maximum Gasteiger partial charge on any atom is 0.305 e. The number of hydrogen-bond acceptors (Lipinski definition) is 8. The number of thiazole rings is 1. The van der Waals surface area contributed by atoms with Crippen LogP contribution in [0, 0.1) is 5.92 Å². The second-order valence-electron chi connectivity index (χ2n) is 9.44. The smallest absolute Gasteiger partial charge is 0.305 e. The van der Waals surface area contributed by atoms with Crippen LogP contribution in [0.25, 0.3) is 0 Å². The number of ether oxygens (including phenoxy) is 1. The molecule has 0 amide bonds. The molecule has 0 bridgehead atoms. The van der Waals surface area contributed by atoms with E-state index in [4.69, 9.17) is 14.7 Å². The number of aryl methyl sites for hydroxylation is 1. The van der Waals surface area contributed by atoms with E-state index >= 15 is 0 Å². The van der Waals surface area contributed by atoms with Crippen LogP contribution >= 0.6 is 11.3 Å². The number of hydrogen-bond donors (Lipinski definition) is 0. The first-order valence-corrected chi connectivity index (χ1v) is 13.0. The van der Waals surface area contributed by atoms with Gasteiger partial charge in [0, 0.05) is 50.0 Å². The van der Waals surface area contributed by atoms with Gasteiger partial charge in [0.2, 0.25) is 0 Å². The van der Waals surface area contributed by atoms with Crippen LogP contribution in [0.3, 0.4) is 0 Å². The Hall–Kier alpha value is -2.74. The third-order valence-corrected chi connectivity index (χ3v) is 7.50. The highest BCUT2D eigenvalue weighted by molar-refractivity contribution is 7.09. The molecular formula is C26H34N4O3S. The number of fused-ring (bicyclic) bond motifs is 1. The molecule has 1 aromatic rings. The number of esters is 1. The van der Waals surface area contributed by atoms with Crippen LogP contribution in [0.15, 0.2) is 45.7 Å². The molecule has 3 aliphatic rings. The van der Waals surface area contributed by atoms with E-state index in [9.17, 15) is 9.59 Å². The van der Waals surface area contributed by atoms with Crippen molar-refractivity contribution in [3.05, 3.63) is 51.4 Å². The predicted octanol–water partition coefficient (Wildman–Crippen LogP) is 4.44. The molecule has 1 aromatic heterocycles. The van der Waals surface area contributed by atoms with Gasteiger partial charge in [-0.05, 0) is 54.9 Å².